The molecule has 0 bridgehead atoms. The Hall–Kier alpha value is -1.38. The summed E-state index contributed by atoms with van der Waals surface area (Å²) in [5.74, 6) is 0.402. The summed E-state index contributed by atoms with van der Waals surface area (Å²) in [7, 11) is 0. The van der Waals surface area contributed by atoms with E-state index in [0.717, 1.165) is 28.4 Å². The Kier molecular flexibility index (Phi) is 6.65. The molecule has 1 aromatic heterocycles. The zero-order valence-electron chi connectivity index (χ0n) is 15.2. The largest absolute Gasteiger partial charge is 0.444 e. The van der Waals surface area contributed by atoms with E-state index in [-0.39, 0.29) is 17.9 Å². The average Bonchev–Trinajstić information content (AvgIpc) is 2.49. The molecule has 7 heteroatoms. The van der Waals surface area contributed by atoms with Crippen LogP contribution in [-0.4, -0.2) is 28.6 Å². The molecule has 138 valence electrons. The van der Waals surface area contributed by atoms with Gasteiger partial charge in [0.2, 0.25) is 5.91 Å². The molecule has 0 unspecified atom stereocenters. The molecule has 2 atom stereocenters. The fourth-order valence-electron chi connectivity index (χ4n) is 2.83. The van der Waals surface area contributed by atoms with Gasteiger partial charge in [-0.15, -0.1) is 0 Å². The third-order valence-electron chi connectivity index (χ3n) is 4.05. The van der Waals surface area contributed by atoms with Gasteiger partial charge in [0, 0.05) is 21.7 Å². The van der Waals surface area contributed by atoms with E-state index in [0.29, 0.717) is 12.2 Å². The number of nitrogens with zero attached hydrogens (tertiary/aromatic N) is 1. The lowest BCUT2D eigenvalue weighted by Gasteiger charge is -2.30. The van der Waals surface area contributed by atoms with E-state index >= 15 is 0 Å². The van der Waals surface area contributed by atoms with Crippen molar-refractivity contribution < 1.29 is 14.3 Å². The number of aryl methyl sites for hydroxylation is 1. The fraction of sp³-hybridized carbons (Fsp3) is 0.611. The number of carbonyl (C=O) groups excluding carboxylic acids is 2. The van der Waals surface area contributed by atoms with Gasteiger partial charge in [0.05, 0.1) is 0 Å². The smallest absolute Gasteiger partial charge is 0.407 e. The standard InChI is InChI=1S/C18H26IN3O3/c1-11-10-20-15(9-14(11)19)22-16(23)12-6-5-7-13(8-12)21-17(24)25-18(2,3)4/h9-10,12-13H,5-8H2,1-4H3,(H,21,24)(H,20,22,23)/t12-,13+/m0/s1. The molecule has 25 heavy (non-hydrogen) atoms. The number of halogens is 1. The topological polar surface area (TPSA) is 80.3 Å². The van der Waals surface area contributed by atoms with Gasteiger partial charge in [-0.3, -0.25) is 4.79 Å². The third-order valence-corrected chi connectivity index (χ3v) is 5.22. The highest BCUT2D eigenvalue weighted by atomic mass is 127. The van der Waals surface area contributed by atoms with Crippen LogP contribution in [0, 0.1) is 16.4 Å². The van der Waals surface area contributed by atoms with Crippen molar-refractivity contribution in [2.75, 3.05) is 5.32 Å². The van der Waals surface area contributed by atoms with E-state index in [9.17, 15) is 9.59 Å². The second-order valence-electron chi connectivity index (χ2n) is 7.51. The van der Waals surface area contributed by atoms with Gasteiger partial charge in [-0.25, -0.2) is 9.78 Å². The van der Waals surface area contributed by atoms with Crippen LogP contribution in [0.5, 0.6) is 0 Å². The lowest BCUT2D eigenvalue weighted by atomic mass is 9.85. The third kappa shape index (κ3) is 6.45. The van der Waals surface area contributed by atoms with Gasteiger partial charge >= 0.3 is 6.09 Å². The highest BCUT2D eigenvalue weighted by molar-refractivity contribution is 14.1. The molecule has 2 N–H and O–H groups in total. The molecule has 2 amide bonds. The molecule has 0 aromatic carbocycles. The summed E-state index contributed by atoms with van der Waals surface area (Å²) in [6, 6.07) is 1.83. The maximum absolute atomic E-state index is 12.5. The summed E-state index contributed by atoms with van der Waals surface area (Å²) < 4.78 is 6.36. The van der Waals surface area contributed by atoms with E-state index in [4.69, 9.17) is 4.74 Å². The second kappa shape index (κ2) is 8.33. The Morgan fingerprint density at radius 3 is 2.68 bits per heavy atom. The van der Waals surface area contributed by atoms with Crippen molar-refractivity contribution in [3.63, 3.8) is 0 Å². The van der Waals surface area contributed by atoms with Crippen LogP contribution in [0.25, 0.3) is 0 Å². The van der Waals surface area contributed by atoms with Crippen molar-refractivity contribution in [2.45, 2.75) is 65.0 Å². The number of rotatable bonds is 3. The van der Waals surface area contributed by atoms with Crippen molar-refractivity contribution in [3.8, 4) is 0 Å². The summed E-state index contributed by atoms with van der Waals surface area (Å²) in [6.45, 7) is 7.48. The highest BCUT2D eigenvalue weighted by Gasteiger charge is 2.29. The molecule has 1 heterocycles. The molecule has 0 saturated heterocycles. The maximum Gasteiger partial charge on any atom is 0.407 e. The molecule has 0 radical (unpaired) electrons. The first-order chi connectivity index (χ1) is 11.6. The van der Waals surface area contributed by atoms with Crippen molar-refractivity contribution >= 4 is 40.4 Å². The Morgan fingerprint density at radius 1 is 1.32 bits per heavy atom. The summed E-state index contributed by atoms with van der Waals surface area (Å²) >= 11 is 2.23. The van der Waals surface area contributed by atoms with Gasteiger partial charge in [-0.05, 0) is 81.2 Å². The van der Waals surface area contributed by atoms with Gasteiger partial charge in [0.25, 0.3) is 0 Å². The monoisotopic (exact) mass is 459 g/mol. The number of amides is 2. The number of carbonyl (C=O) groups is 2. The molecule has 0 spiro atoms. The molecule has 1 aliphatic carbocycles. The minimum absolute atomic E-state index is 0.0366. The number of aromatic nitrogens is 1. The number of ether oxygens (including phenoxy) is 1. The van der Waals surface area contributed by atoms with Crippen molar-refractivity contribution in [2.24, 2.45) is 5.92 Å². The molecule has 1 aliphatic rings. The Bertz CT molecular complexity index is 643. The normalized spacial score (nSPS) is 20.7. The molecule has 2 rings (SSSR count). The molecule has 6 nitrogen and oxygen atoms in total. The number of pyridine rings is 1. The SMILES string of the molecule is Cc1cnc(NC(=O)[C@H]2CCC[C@@H](NC(=O)OC(C)(C)C)C2)cc1I. The Balaban J connectivity index is 1.90. The molecule has 1 fully saturated rings. The minimum Gasteiger partial charge on any atom is -0.444 e. The number of hydrogen-bond donors (Lipinski definition) is 2. The molecular weight excluding hydrogens is 433 g/mol. The zero-order chi connectivity index (χ0) is 18.6. The average molecular weight is 459 g/mol. The molecule has 0 aliphatic heterocycles. The number of hydrogen-bond acceptors (Lipinski definition) is 4. The summed E-state index contributed by atoms with van der Waals surface area (Å²) in [6.07, 6.45) is 4.54. The quantitative estimate of drug-likeness (QED) is 0.670. The lowest BCUT2D eigenvalue weighted by Crippen LogP contribution is -2.43. The predicted molar refractivity (Wildman–Crippen MR) is 105 cm³/mol. The molecule has 1 saturated carbocycles. The van der Waals surface area contributed by atoms with E-state index in [1.807, 2.05) is 33.8 Å². The highest BCUT2D eigenvalue weighted by Crippen LogP contribution is 2.26. The first-order valence-corrected chi connectivity index (χ1v) is 9.64. The van der Waals surface area contributed by atoms with Crippen LogP contribution in [0.2, 0.25) is 0 Å². The van der Waals surface area contributed by atoms with Gasteiger partial charge in [0.1, 0.15) is 11.4 Å². The number of anilines is 1. The van der Waals surface area contributed by atoms with Gasteiger partial charge < -0.3 is 15.4 Å². The van der Waals surface area contributed by atoms with Crippen LogP contribution >= 0.6 is 22.6 Å². The van der Waals surface area contributed by atoms with Crippen LogP contribution in [0.3, 0.4) is 0 Å². The van der Waals surface area contributed by atoms with E-state index in [1.165, 1.54) is 0 Å². The van der Waals surface area contributed by atoms with Crippen LogP contribution < -0.4 is 10.6 Å². The number of nitrogens with one attached hydrogen (secondary N) is 2. The molecule has 1 aromatic rings. The van der Waals surface area contributed by atoms with E-state index in [1.54, 1.807) is 6.20 Å². The van der Waals surface area contributed by atoms with Crippen molar-refractivity contribution in [1.82, 2.24) is 10.3 Å². The number of alkyl carbamates (subject to hydrolysis) is 1. The molecular formula is C18H26IN3O3. The van der Waals surface area contributed by atoms with Crippen molar-refractivity contribution in [3.05, 3.63) is 21.4 Å². The minimum atomic E-state index is -0.524. The van der Waals surface area contributed by atoms with Crippen molar-refractivity contribution in [1.29, 1.82) is 0 Å². The van der Waals surface area contributed by atoms with Crippen LogP contribution in [0.4, 0.5) is 10.6 Å². The first kappa shape index (κ1) is 19.9. The lowest BCUT2D eigenvalue weighted by molar-refractivity contribution is -0.121. The van der Waals surface area contributed by atoms with Crippen LogP contribution in [0.15, 0.2) is 12.3 Å². The second-order valence-corrected chi connectivity index (χ2v) is 8.68. The van der Waals surface area contributed by atoms with Gasteiger partial charge in [-0.1, -0.05) is 6.42 Å². The van der Waals surface area contributed by atoms with E-state index in [2.05, 4.69) is 38.2 Å². The van der Waals surface area contributed by atoms with E-state index < -0.39 is 11.7 Å². The van der Waals surface area contributed by atoms with Gasteiger partial charge in [-0.2, -0.15) is 0 Å². The maximum atomic E-state index is 12.5. The van der Waals surface area contributed by atoms with Gasteiger partial charge in [0.15, 0.2) is 0 Å². The Labute approximate surface area is 162 Å². The zero-order valence-corrected chi connectivity index (χ0v) is 17.3. The fourth-order valence-corrected chi connectivity index (χ4v) is 3.26. The first-order valence-electron chi connectivity index (χ1n) is 8.56. The Morgan fingerprint density at radius 2 is 2.04 bits per heavy atom. The summed E-state index contributed by atoms with van der Waals surface area (Å²) in [4.78, 5) is 28.7. The van der Waals surface area contributed by atoms with Crippen LogP contribution in [-0.2, 0) is 9.53 Å². The summed E-state index contributed by atoms with van der Waals surface area (Å²) in [5, 5.41) is 5.78. The predicted octanol–water partition coefficient (Wildman–Crippen LogP) is 4.02. The summed E-state index contributed by atoms with van der Waals surface area (Å²) in [5.41, 5.74) is 0.557. The van der Waals surface area contributed by atoms with Crippen LogP contribution in [0.1, 0.15) is 52.0 Å².